The predicted molar refractivity (Wildman–Crippen MR) is 94.5 cm³/mol. The van der Waals surface area contributed by atoms with Crippen LogP contribution in [0.2, 0.25) is 0 Å². The van der Waals surface area contributed by atoms with E-state index >= 15 is 0 Å². The minimum Gasteiger partial charge on any atom is -0.306 e. The molecule has 1 amide bonds. The summed E-state index contributed by atoms with van der Waals surface area (Å²) in [5.41, 5.74) is 4.28. The zero-order chi connectivity index (χ0) is 17.4. The summed E-state index contributed by atoms with van der Waals surface area (Å²) >= 11 is 0. The number of rotatable bonds is 2. The second kappa shape index (κ2) is 5.98. The molecule has 0 fully saturated rings. The largest absolute Gasteiger partial charge is 0.306 e. The lowest BCUT2D eigenvalue weighted by Crippen LogP contribution is -2.32. The summed E-state index contributed by atoms with van der Waals surface area (Å²) in [6.45, 7) is 0.610. The van der Waals surface area contributed by atoms with Gasteiger partial charge in [0.1, 0.15) is 5.69 Å². The van der Waals surface area contributed by atoms with Crippen LogP contribution < -0.4 is 10.5 Å². The zero-order valence-corrected chi connectivity index (χ0v) is 13.7. The number of amides is 1. The van der Waals surface area contributed by atoms with E-state index < -0.39 is 0 Å². The highest BCUT2D eigenvalue weighted by atomic mass is 16.2. The Labute approximate surface area is 144 Å². The fraction of sp³-hybridized carbons (Fsp3) is 0.158. The molecule has 124 valence electrons. The first-order chi connectivity index (χ1) is 12.1. The van der Waals surface area contributed by atoms with Crippen molar-refractivity contribution in [1.82, 2.24) is 14.8 Å². The molecule has 0 spiro atoms. The molecule has 0 bridgehead atoms. The predicted octanol–water partition coefficient (Wildman–Crippen LogP) is 2.05. The van der Waals surface area contributed by atoms with Crippen LogP contribution in [0.4, 0.5) is 5.69 Å². The Morgan fingerprint density at radius 1 is 1.04 bits per heavy atom. The molecule has 0 saturated heterocycles. The van der Waals surface area contributed by atoms with Crippen LogP contribution in [0.3, 0.4) is 0 Å². The van der Waals surface area contributed by atoms with Gasteiger partial charge in [-0.2, -0.15) is 5.10 Å². The summed E-state index contributed by atoms with van der Waals surface area (Å²) in [6.07, 6.45) is 4.33. The molecule has 3 aromatic rings. The van der Waals surface area contributed by atoms with Crippen LogP contribution in [-0.2, 0) is 13.5 Å². The number of nitrogens with zero attached hydrogens (tertiary/aromatic N) is 4. The zero-order valence-electron chi connectivity index (χ0n) is 13.7. The summed E-state index contributed by atoms with van der Waals surface area (Å²) in [5.74, 6) is -0.189. The average Bonchev–Trinajstić information content (AvgIpc) is 3.07. The van der Waals surface area contributed by atoms with Gasteiger partial charge < -0.3 is 4.90 Å². The number of aryl methyl sites for hydroxylation is 1. The van der Waals surface area contributed by atoms with Crippen molar-refractivity contribution in [3.63, 3.8) is 0 Å². The molecule has 6 heteroatoms. The molecular weight excluding hydrogens is 316 g/mol. The Morgan fingerprint density at radius 3 is 2.60 bits per heavy atom. The van der Waals surface area contributed by atoms with E-state index in [2.05, 4.69) is 16.1 Å². The van der Waals surface area contributed by atoms with E-state index in [-0.39, 0.29) is 17.2 Å². The minimum absolute atomic E-state index is 0.189. The van der Waals surface area contributed by atoms with Crippen LogP contribution in [-0.4, -0.2) is 27.2 Å². The first-order valence-corrected chi connectivity index (χ1v) is 8.03. The molecule has 3 heterocycles. The molecule has 0 radical (unpaired) electrons. The van der Waals surface area contributed by atoms with E-state index in [9.17, 15) is 9.59 Å². The van der Waals surface area contributed by atoms with Gasteiger partial charge in [-0.3, -0.25) is 14.6 Å². The SMILES string of the molecule is Cn1nc(C(=O)N2CCc3cc(-c4ccncc4)ccc32)ccc1=O. The Hall–Kier alpha value is -3.28. The lowest BCUT2D eigenvalue weighted by molar-refractivity contribution is 0.0982. The average molecular weight is 332 g/mol. The Morgan fingerprint density at radius 2 is 1.84 bits per heavy atom. The van der Waals surface area contributed by atoms with Crippen molar-refractivity contribution in [2.24, 2.45) is 7.05 Å². The fourth-order valence-electron chi connectivity index (χ4n) is 3.09. The van der Waals surface area contributed by atoms with Crippen molar-refractivity contribution in [2.75, 3.05) is 11.4 Å². The molecule has 1 aromatic carbocycles. The summed E-state index contributed by atoms with van der Waals surface area (Å²) < 4.78 is 1.18. The van der Waals surface area contributed by atoms with Crippen molar-refractivity contribution in [3.8, 4) is 11.1 Å². The monoisotopic (exact) mass is 332 g/mol. The van der Waals surface area contributed by atoms with Crippen LogP contribution in [0.15, 0.2) is 59.7 Å². The summed E-state index contributed by atoms with van der Waals surface area (Å²) in [7, 11) is 1.54. The lowest BCUT2D eigenvalue weighted by Gasteiger charge is -2.17. The van der Waals surface area contributed by atoms with Gasteiger partial charge in [-0.15, -0.1) is 0 Å². The van der Waals surface area contributed by atoms with Gasteiger partial charge in [0.25, 0.3) is 11.5 Å². The maximum absolute atomic E-state index is 12.8. The van der Waals surface area contributed by atoms with Crippen LogP contribution in [0.25, 0.3) is 11.1 Å². The van der Waals surface area contributed by atoms with Crippen molar-refractivity contribution in [2.45, 2.75) is 6.42 Å². The molecule has 1 aliphatic rings. The number of carbonyl (C=O) groups excluding carboxylic acids is 1. The molecular formula is C19H16N4O2. The number of benzene rings is 1. The molecule has 25 heavy (non-hydrogen) atoms. The number of hydrogen-bond acceptors (Lipinski definition) is 4. The third-order valence-corrected chi connectivity index (χ3v) is 4.41. The minimum atomic E-state index is -0.236. The third-order valence-electron chi connectivity index (χ3n) is 4.41. The number of anilines is 1. The van der Waals surface area contributed by atoms with Gasteiger partial charge in [-0.25, -0.2) is 4.68 Å². The second-order valence-corrected chi connectivity index (χ2v) is 5.97. The second-order valence-electron chi connectivity index (χ2n) is 5.97. The Kier molecular flexibility index (Phi) is 3.65. The number of aromatic nitrogens is 3. The Balaban J connectivity index is 1.67. The first-order valence-electron chi connectivity index (χ1n) is 8.03. The first kappa shape index (κ1) is 15.3. The number of carbonyl (C=O) groups is 1. The van der Waals surface area contributed by atoms with Crippen LogP contribution in [0, 0.1) is 0 Å². The number of pyridine rings is 1. The maximum atomic E-state index is 12.8. The highest BCUT2D eigenvalue weighted by molar-refractivity contribution is 6.06. The highest BCUT2D eigenvalue weighted by Crippen LogP contribution is 2.32. The van der Waals surface area contributed by atoms with Gasteiger partial charge in [-0.05, 0) is 53.4 Å². The van der Waals surface area contributed by atoms with Gasteiger partial charge in [0.2, 0.25) is 0 Å². The highest BCUT2D eigenvalue weighted by Gasteiger charge is 2.27. The summed E-state index contributed by atoms with van der Waals surface area (Å²) in [4.78, 5) is 30.0. The van der Waals surface area contributed by atoms with E-state index in [0.717, 1.165) is 28.8 Å². The molecule has 4 rings (SSSR count). The van der Waals surface area contributed by atoms with Crippen molar-refractivity contribution < 1.29 is 4.79 Å². The third kappa shape index (κ3) is 2.71. The van der Waals surface area contributed by atoms with Crippen LogP contribution in [0.1, 0.15) is 16.1 Å². The maximum Gasteiger partial charge on any atom is 0.278 e. The quantitative estimate of drug-likeness (QED) is 0.720. The van der Waals surface area contributed by atoms with Crippen molar-refractivity contribution in [3.05, 3.63) is 76.5 Å². The summed E-state index contributed by atoms with van der Waals surface area (Å²) in [6, 6.07) is 12.9. The Bertz CT molecular complexity index is 1010. The topological polar surface area (TPSA) is 68.1 Å². The van der Waals surface area contributed by atoms with Crippen LogP contribution >= 0.6 is 0 Å². The van der Waals surface area contributed by atoms with Crippen LogP contribution in [0.5, 0.6) is 0 Å². The molecule has 6 nitrogen and oxygen atoms in total. The lowest BCUT2D eigenvalue weighted by atomic mass is 10.0. The molecule has 2 aromatic heterocycles. The van der Waals surface area contributed by atoms with Crippen molar-refractivity contribution >= 4 is 11.6 Å². The number of fused-ring (bicyclic) bond motifs is 1. The normalized spacial score (nSPS) is 12.9. The van der Waals surface area contributed by atoms with E-state index in [1.165, 1.54) is 23.9 Å². The molecule has 0 aliphatic carbocycles. The van der Waals surface area contributed by atoms with E-state index in [4.69, 9.17) is 0 Å². The molecule has 0 unspecified atom stereocenters. The van der Waals surface area contributed by atoms with Gasteiger partial charge in [-0.1, -0.05) is 6.07 Å². The van der Waals surface area contributed by atoms with Gasteiger partial charge in [0.05, 0.1) is 0 Å². The smallest absolute Gasteiger partial charge is 0.278 e. The van der Waals surface area contributed by atoms with E-state index in [0.29, 0.717) is 6.54 Å². The van der Waals surface area contributed by atoms with E-state index in [1.807, 2.05) is 24.3 Å². The summed E-state index contributed by atoms with van der Waals surface area (Å²) in [5, 5.41) is 4.06. The molecule has 1 aliphatic heterocycles. The molecule has 0 saturated carbocycles. The number of hydrogen-bond donors (Lipinski definition) is 0. The van der Waals surface area contributed by atoms with Crippen molar-refractivity contribution in [1.29, 1.82) is 0 Å². The molecule has 0 atom stereocenters. The van der Waals surface area contributed by atoms with E-state index in [1.54, 1.807) is 17.3 Å². The van der Waals surface area contributed by atoms with Gasteiger partial charge >= 0.3 is 0 Å². The molecule has 0 N–H and O–H groups in total. The standard InChI is InChI=1S/C19H16N4O2/c1-22-18(24)5-3-16(21-22)19(25)23-11-8-15-12-14(2-4-17(15)23)13-6-9-20-10-7-13/h2-7,9-10,12H,8,11H2,1H3. The fourth-order valence-corrected chi connectivity index (χ4v) is 3.09. The van der Waals surface area contributed by atoms with Gasteiger partial charge in [0, 0.05) is 37.7 Å². The van der Waals surface area contributed by atoms with Gasteiger partial charge in [0.15, 0.2) is 0 Å².